The Morgan fingerprint density at radius 3 is 2.63 bits per heavy atom. The molecule has 2 aliphatic rings. The lowest BCUT2D eigenvalue weighted by atomic mass is 9.86. The second kappa shape index (κ2) is 8.14. The van der Waals surface area contributed by atoms with Crippen LogP contribution in [0, 0.1) is 5.92 Å². The molecule has 1 aliphatic heterocycles. The normalized spacial score (nSPS) is 20.8. The smallest absolute Gasteiger partial charge is 0.253 e. The van der Waals surface area contributed by atoms with Crippen molar-refractivity contribution in [3.63, 3.8) is 0 Å². The van der Waals surface area contributed by atoms with Crippen LogP contribution >= 0.6 is 11.3 Å². The van der Waals surface area contributed by atoms with Gasteiger partial charge in [-0.25, -0.2) is 0 Å². The predicted octanol–water partition coefficient (Wildman–Crippen LogP) is 5.18. The molecule has 27 heavy (non-hydrogen) atoms. The van der Waals surface area contributed by atoms with Crippen LogP contribution in [0.15, 0.2) is 23.0 Å². The van der Waals surface area contributed by atoms with Gasteiger partial charge in [-0.3, -0.25) is 9.59 Å². The molecule has 1 saturated heterocycles. The molecule has 144 valence electrons. The Balaban J connectivity index is 1.67. The first-order chi connectivity index (χ1) is 13.2. The van der Waals surface area contributed by atoms with Crippen LogP contribution in [-0.4, -0.2) is 23.9 Å². The Bertz CT molecular complexity index is 893. The van der Waals surface area contributed by atoms with Gasteiger partial charge in [0.2, 0.25) is 0 Å². The van der Waals surface area contributed by atoms with Gasteiger partial charge in [0, 0.05) is 39.2 Å². The van der Waals surface area contributed by atoms with Crippen molar-refractivity contribution in [2.75, 3.05) is 13.1 Å². The van der Waals surface area contributed by atoms with E-state index in [-0.39, 0.29) is 11.3 Å². The molecule has 1 aliphatic carbocycles. The van der Waals surface area contributed by atoms with Gasteiger partial charge in [-0.1, -0.05) is 32.6 Å². The Morgan fingerprint density at radius 1 is 1.15 bits per heavy atom. The van der Waals surface area contributed by atoms with Crippen LogP contribution in [0.2, 0.25) is 0 Å². The highest BCUT2D eigenvalue weighted by molar-refractivity contribution is 7.18. The number of carbonyl (C=O) groups excluding carboxylic acids is 1. The van der Waals surface area contributed by atoms with E-state index in [0.29, 0.717) is 5.92 Å². The largest absolute Gasteiger partial charge is 0.339 e. The Kier molecular flexibility index (Phi) is 5.63. The molecular formula is C23H29NO2S. The molecule has 0 radical (unpaired) electrons. The van der Waals surface area contributed by atoms with E-state index in [0.717, 1.165) is 66.4 Å². The third kappa shape index (κ3) is 3.82. The molecule has 1 fully saturated rings. The van der Waals surface area contributed by atoms with Crippen LogP contribution < -0.4 is 5.43 Å². The van der Waals surface area contributed by atoms with Gasteiger partial charge >= 0.3 is 0 Å². The van der Waals surface area contributed by atoms with Crippen molar-refractivity contribution in [3.05, 3.63) is 44.4 Å². The summed E-state index contributed by atoms with van der Waals surface area (Å²) in [5.41, 5.74) is 1.96. The number of nitrogens with zero attached hydrogens (tertiary/aromatic N) is 1. The molecule has 0 spiro atoms. The van der Waals surface area contributed by atoms with Gasteiger partial charge < -0.3 is 4.90 Å². The molecule has 0 bridgehead atoms. The lowest BCUT2D eigenvalue weighted by molar-refractivity contribution is 0.0742. The molecule has 3 nitrogen and oxygen atoms in total. The van der Waals surface area contributed by atoms with Crippen molar-refractivity contribution in [1.82, 2.24) is 4.90 Å². The van der Waals surface area contributed by atoms with E-state index in [1.165, 1.54) is 30.6 Å². The zero-order chi connectivity index (χ0) is 18.8. The van der Waals surface area contributed by atoms with E-state index in [1.54, 1.807) is 11.3 Å². The molecular weight excluding hydrogens is 354 g/mol. The van der Waals surface area contributed by atoms with Crippen molar-refractivity contribution < 1.29 is 4.79 Å². The van der Waals surface area contributed by atoms with Gasteiger partial charge in [0.05, 0.1) is 0 Å². The van der Waals surface area contributed by atoms with Gasteiger partial charge in [-0.05, 0) is 56.2 Å². The standard InChI is InChI=1S/C23H29NO2S/c1-2-16-8-10-18-20(14-16)27-21-15-17(9-11-19(21)22(18)25)23(26)24-12-6-4-3-5-7-13-24/h9,11,15-16H,2-8,10,12-14H2,1H3. The number of hydrogen-bond acceptors (Lipinski definition) is 3. The number of rotatable bonds is 2. The maximum Gasteiger partial charge on any atom is 0.253 e. The van der Waals surface area contributed by atoms with Gasteiger partial charge in [-0.15, -0.1) is 11.3 Å². The monoisotopic (exact) mass is 383 g/mol. The first-order valence-electron chi connectivity index (χ1n) is 10.5. The third-order valence-electron chi connectivity index (χ3n) is 6.31. The van der Waals surface area contributed by atoms with Crippen LogP contribution in [0.25, 0.3) is 10.1 Å². The highest BCUT2D eigenvalue weighted by Gasteiger charge is 2.23. The molecule has 1 aromatic heterocycles. The van der Waals surface area contributed by atoms with Crippen LogP contribution in [0.1, 0.15) is 72.7 Å². The van der Waals surface area contributed by atoms with Crippen LogP contribution in [0.3, 0.4) is 0 Å². The van der Waals surface area contributed by atoms with E-state index >= 15 is 0 Å². The molecule has 4 heteroatoms. The fourth-order valence-corrected chi connectivity index (χ4v) is 5.88. The number of carbonyl (C=O) groups is 1. The van der Waals surface area contributed by atoms with Gasteiger partial charge in [0.25, 0.3) is 5.91 Å². The first-order valence-corrected chi connectivity index (χ1v) is 11.4. The molecule has 2 heterocycles. The summed E-state index contributed by atoms with van der Waals surface area (Å²) in [5, 5.41) is 0.790. The molecule has 1 amide bonds. The van der Waals surface area contributed by atoms with Gasteiger partial charge in [0.15, 0.2) is 5.43 Å². The molecule has 1 aromatic carbocycles. The van der Waals surface area contributed by atoms with E-state index < -0.39 is 0 Å². The summed E-state index contributed by atoms with van der Waals surface area (Å²) < 4.78 is 0.980. The Hall–Kier alpha value is -1.68. The summed E-state index contributed by atoms with van der Waals surface area (Å²) in [6.45, 7) is 3.95. The maximum absolute atomic E-state index is 13.0. The summed E-state index contributed by atoms with van der Waals surface area (Å²) in [6.07, 6.45) is 10.1. The number of amides is 1. The Morgan fingerprint density at radius 2 is 1.89 bits per heavy atom. The SMILES string of the molecule is CCC1CCc2c(sc3cc(C(=O)N4CCCCCCC4)ccc3c2=O)C1. The zero-order valence-electron chi connectivity index (χ0n) is 16.3. The van der Waals surface area contributed by atoms with Gasteiger partial charge in [0.1, 0.15) is 0 Å². The fourth-order valence-electron chi connectivity index (χ4n) is 4.52. The number of benzene rings is 1. The van der Waals surface area contributed by atoms with Crippen molar-refractivity contribution >= 4 is 27.3 Å². The van der Waals surface area contributed by atoms with E-state index in [1.807, 2.05) is 23.1 Å². The predicted molar refractivity (Wildman–Crippen MR) is 113 cm³/mol. The van der Waals surface area contributed by atoms with Crippen molar-refractivity contribution in [2.24, 2.45) is 5.92 Å². The van der Waals surface area contributed by atoms with Crippen molar-refractivity contribution in [2.45, 2.75) is 64.7 Å². The lowest BCUT2D eigenvalue weighted by Gasteiger charge is -2.25. The third-order valence-corrected chi connectivity index (χ3v) is 7.53. The van der Waals surface area contributed by atoms with Crippen LogP contribution in [-0.2, 0) is 12.8 Å². The summed E-state index contributed by atoms with van der Waals surface area (Å²) in [7, 11) is 0. The number of hydrogen-bond donors (Lipinski definition) is 0. The van der Waals surface area contributed by atoms with Crippen LogP contribution in [0.5, 0.6) is 0 Å². The highest BCUT2D eigenvalue weighted by Crippen LogP contribution is 2.32. The van der Waals surface area contributed by atoms with Gasteiger partial charge in [-0.2, -0.15) is 0 Å². The summed E-state index contributed by atoms with van der Waals surface area (Å²) in [5.74, 6) is 0.819. The van der Waals surface area contributed by atoms with Crippen LogP contribution in [0.4, 0.5) is 0 Å². The summed E-state index contributed by atoms with van der Waals surface area (Å²) >= 11 is 1.74. The van der Waals surface area contributed by atoms with E-state index in [9.17, 15) is 9.59 Å². The number of likely N-dealkylation sites (tertiary alicyclic amines) is 1. The second-order valence-corrected chi connectivity index (χ2v) is 9.26. The van der Waals surface area contributed by atoms with E-state index in [4.69, 9.17) is 0 Å². The number of fused-ring (bicyclic) bond motifs is 2. The van der Waals surface area contributed by atoms with Crippen molar-refractivity contribution in [1.29, 1.82) is 0 Å². The fraction of sp³-hybridized carbons (Fsp3) is 0.565. The molecule has 4 rings (SSSR count). The second-order valence-electron chi connectivity index (χ2n) is 8.12. The Labute approximate surface area is 165 Å². The molecule has 1 unspecified atom stereocenters. The van der Waals surface area contributed by atoms with Crippen molar-refractivity contribution in [3.8, 4) is 0 Å². The topological polar surface area (TPSA) is 37.4 Å². The minimum atomic E-state index is 0.127. The average molecular weight is 384 g/mol. The zero-order valence-corrected chi connectivity index (χ0v) is 17.1. The minimum absolute atomic E-state index is 0.127. The minimum Gasteiger partial charge on any atom is -0.339 e. The molecule has 1 atom stereocenters. The first kappa shape index (κ1) is 18.7. The quantitative estimate of drug-likeness (QED) is 0.716. The molecule has 0 saturated carbocycles. The van der Waals surface area contributed by atoms with E-state index in [2.05, 4.69) is 6.92 Å². The molecule has 2 aromatic rings. The maximum atomic E-state index is 13.0. The average Bonchev–Trinajstić information content (AvgIpc) is 2.66. The molecule has 0 N–H and O–H groups in total. The summed E-state index contributed by atoms with van der Waals surface area (Å²) in [4.78, 5) is 29.2. The summed E-state index contributed by atoms with van der Waals surface area (Å²) in [6, 6.07) is 5.72. The highest BCUT2D eigenvalue weighted by atomic mass is 32.1. The lowest BCUT2D eigenvalue weighted by Crippen LogP contribution is -2.33.